The van der Waals surface area contributed by atoms with Gasteiger partial charge < -0.3 is 5.11 Å². The summed E-state index contributed by atoms with van der Waals surface area (Å²) in [7, 11) is 0. The average Bonchev–Trinajstić information content (AvgIpc) is 3.00. The van der Waals surface area contributed by atoms with Crippen LogP contribution in [-0.4, -0.2) is 16.8 Å². The highest BCUT2D eigenvalue weighted by Crippen LogP contribution is 2.42. The van der Waals surface area contributed by atoms with Crippen LogP contribution in [0, 0.1) is 12.7 Å². The van der Waals surface area contributed by atoms with Crippen LogP contribution in [0.5, 0.6) is 0 Å². The Morgan fingerprint density at radius 3 is 2.17 bits per heavy atom. The number of aryl methyl sites for hydroxylation is 1. The lowest BCUT2D eigenvalue weighted by atomic mass is 9.94. The maximum absolute atomic E-state index is 14.7. The Morgan fingerprint density at radius 2 is 1.52 bits per heavy atom. The first-order chi connectivity index (χ1) is 14.0. The van der Waals surface area contributed by atoms with Gasteiger partial charge in [-0.05, 0) is 25.1 Å². The molecule has 0 radical (unpaired) electrons. The number of hydrogen-bond acceptors (Lipinski definition) is 3. The molecular formula is C24H18FNO3. The molecule has 29 heavy (non-hydrogen) atoms. The van der Waals surface area contributed by atoms with Gasteiger partial charge in [0.05, 0.1) is 11.6 Å². The van der Waals surface area contributed by atoms with Crippen LogP contribution in [0.1, 0.15) is 22.7 Å². The van der Waals surface area contributed by atoms with E-state index in [0.29, 0.717) is 11.3 Å². The number of benzene rings is 3. The monoisotopic (exact) mass is 387 g/mol. The first kappa shape index (κ1) is 18.6. The maximum atomic E-state index is 14.7. The fourth-order valence-electron chi connectivity index (χ4n) is 3.55. The summed E-state index contributed by atoms with van der Waals surface area (Å²) in [6.07, 6.45) is 0. The van der Waals surface area contributed by atoms with E-state index >= 15 is 0 Å². The van der Waals surface area contributed by atoms with Gasteiger partial charge in [-0.2, -0.15) is 0 Å². The number of ketones is 1. The second-order valence-electron chi connectivity index (χ2n) is 6.89. The maximum Gasteiger partial charge on any atom is 0.300 e. The van der Waals surface area contributed by atoms with E-state index in [1.165, 1.54) is 23.1 Å². The summed E-state index contributed by atoms with van der Waals surface area (Å²) < 4.78 is 14.7. The number of anilines is 1. The Balaban J connectivity index is 1.97. The summed E-state index contributed by atoms with van der Waals surface area (Å²) in [6.45, 7) is 1.90. The fraction of sp³-hybridized carbons (Fsp3) is 0.0833. The van der Waals surface area contributed by atoms with Crippen LogP contribution < -0.4 is 4.90 Å². The lowest BCUT2D eigenvalue weighted by Crippen LogP contribution is -2.29. The summed E-state index contributed by atoms with van der Waals surface area (Å²) >= 11 is 0. The Labute approximate surface area is 167 Å². The minimum absolute atomic E-state index is 0.133. The van der Waals surface area contributed by atoms with Crippen molar-refractivity contribution in [3.05, 3.63) is 107 Å². The first-order valence-electron chi connectivity index (χ1n) is 9.16. The number of aliphatic hydroxyl groups is 1. The molecular weight excluding hydrogens is 369 g/mol. The molecule has 1 N–H and O–H groups in total. The van der Waals surface area contributed by atoms with E-state index in [1.54, 1.807) is 48.5 Å². The molecule has 0 aromatic heterocycles. The second kappa shape index (κ2) is 7.36. The van der Waals surface area contributed by atoms with Gasteiger partial charge in [-0.15, -0.1) is 0 Å². The predicted molar refractivity (Wildman–Crippen MR) is 109 cm³/mol. The summed E-state index contributed by atoms with van der Waals surface area (Å²) in [5.74, 6) is -2.54. The van der Waals surface area contributed by atoms with Crippen molar-refractivity contribution in [2.45, 2.75) is 13.0 Å². The third-order valence-electron chi connectivity index (χ3n) is 5.00. The molecule has 0 bridgehead atoms. The Morgan fingerprint density at radius 1 is 0.897 bits per heavy atom. The zero-order valence-electron chi connectivity index (χ0n) is 15.7. The van der Waals surface area contributed by atoms with Gasteiger partial charge in [0.25, 0.3) is 11.7 Å². The van der Waals surface area contributed by atoms with Crippen molar-refractivity contribution >= 4 is 23.1 Å². The summed E-state index contributed by atoms with van der Waals surface area (Å²) in [5, 5.41) is 10.9. The standard InChI is InChI=1S/C24H18FNO3/c1-15-11-13-17(14-12-15)26-21(18-9-5-6-10-19(18)25)20(23(28)24(26)29)22(27)16-7-3-2-4-8-16/h2-14,21,27H,1H3/b22-20+/t21-/m1/s1. The van der Waals surface area contributed by atoms with Crippen LogP contribution in [0.3, 0.4) is 0 Å². The minimum atomic E-state index is -1.07. The van der Waals surface area contributed by atoms with Crippen molar-refractivity contribution in [2.24, 2.45) is 0 Å². The lowest BCUT2D eigenvalue weighted by molar-refractivity contribution is -0.132. The lowest BCUT2D eigenvalue weighted by Gasteiger charge is -2.25. The Bertz CT molecular complexity index is 1120. The number of Topliss-reactive ketones (excluding diaryl/α,β-unsaturated/α-hetero) is 1. The molecule has 0 saturated carbocycles. The second-order valence-corrected chi connectivity index (χ2v) is 6.89. The smallest absolute Gasteiger partial charge is 0.300 e. The Kier molecular flexibility index (Phi) is 4.72. The van der Waals surface area contributed by atoms with E-state index in [9.17, 15) is 19.1 Å². The third kappa shape index (κ3) is 3.21. The van der Waals surface area contributed by atoms with Crippen LogP contribution >= 0.6 is 0 Å². The van der Waals surface area contributed by atoms with Gasteiger partial charge >= 0.3 is 0 Å². The number of amides is 1. The minimum Gasteiger partial charge on any atom is -0.507 e. The SMILES string of the molecule is Cc1ccc(N2C(=O)C(=O)/C(=C(/O)c3ccccc3)[C@H]2c2ccccc2F)cc1. The molecule has 1 aliphatic heterocycles. The zero-order valence-corrected chi connectivity index (χ0v) is 15.7. The van der Waals surface area contributed by atoms with Crippen molar-refractivity contribution in [1.29, 1.82) is 0 Å². The highest BCUT2D eigenvalue weighted by atomic mass is 19.1. The molecule has 1 atom stereocenters. The molecule has 0 spiro atoms. The van der Waals surface area contributed by atoms with Crippen LogP contribution in [0.2, 0.25) is 0 Å². The normalized spacial score (nSPS) is 18.3. The number of rotatable bonds is 3. The molecule has 0 aliphatic carbocycles. The van der Waals surface area contributed by atoms with Crippen molar-refractivity contribution < 1.29 is 19.1 Å². The third-order valence-corrected chi connectivity index (χ3v) is 5.00. The molecule has 4 rings (SSSR count). The van der Waals surface area contributed by atoms with E-state index < -0.39 is 23.5 Å². The number of nitrogens with zero attached hydrogens (tertiary/aromatic N) is 1. The fourth-order valence-corrected chi connectivity index (χ4v) is 3.55. The molecule has 4 nitrogen and oxygen atoms in total. The van der Waals surface area contributed by atoms with Crippen molar-refractivity contribution in [3.8, 4) is 0 Å². The summed E-state index contributed by atoms with van der Waals surface area (Å²) in [6, 6.07) is 20.4. The zero-order chi connectivity index (χ0) is 20.5. The van der Waals surface area contributed by atoms with Gasteiger partial charge in [0.1, 0.15) is 11.6 Å². The van der Waals surface area contributed by atoms with E-state index in [2.05, 4.69) is 0 Å². The van der Waals surface area contributed by atoms with Crippen LogP contribution in [0.25, 0.3) is 5.76 Å². The average molecular weight is 387 g/mol. The van der Waals surface area contributed by atoms with Gasteiger partial charge in [-0.25, -0.2) is 4.39 Å². The van der Waals surface area contributed by atoms with Gasteiger partial charge in [0.15, 0.2) is 0 Å². The van der Waals surface area contributed by atoms with E-state index in [0.717, 1.165) is 5.56 Å². The van der Waals surface area contributed by atoms with Gasteiger partial charge in [-0.1, -0.05) is 66.2 Å². The quantitative estimate of drug-likeness (QED) is 0.400. The number of carbonyl (C=O) groups is 2. The largest absolute Gasteiger partial charge is 0.507 e. The van der Waals surface area contributed by atoms with Gasteiger partial charge in [0.2, 0.25) is 0 Å². The predicted octanol–water partition coefficient (Wildman–Crippen LogP) is 4.76. The number of aliphatic hydroxyl groups excluding tert-OH is 1. The summed E-state index contributed by atoms with van der Waals surface area (Å²) in [4.78, 5) is 27.1. The molecule has 1 aliphatic rings. The van der Waals surface area contributed by atoms with Crippen molar-refractivity contribution in [3.63, 3.8) is 0 Å². The van der Waals surface area contributed by atoms with Gasteiger partial charge in [-0.3, -0.25) is 14.5 Å². The topological polar surface area (TPSA) is 57.6 Å². The van der Waals surface area contributed by atoms with E-state index in [-0.39, 0.29) is 16.9 Å². The molecule has 1 saturated heterocycles. The molecule has 5 heteroatoms. The molecule has 144 valence electrons. The van der Waals surface area contributed by atoms with E-state index in [4.69, 9.17) is 0 Å². The molecule has 1 fully saturated rings. The van der Waals surface area contributed by atoms with Crippen LogP contribution in [0.4, 0.5) is 10.1 Å². The molecule has 3 aromatic carbocycles. The summed E-state index contributed by atoms with van der Waals surface area (Å²) in [5.41, 5.74) is 1.84. The van der Waals surface area contributed by atoms with Crippen LogP contribution in [0.15, 0.2) is 84.4 Å². The molecule has 3 aromatic rings. The molecule has 1 amide bonds. The van der Waals surface area contributed by atoms with Crippen LogP contribution in [-0.2, 0) is 9.59 Å². The highest BCUT2D eigenvalue weighted by molar-refractivity contribution is 6.51. The van der Waals surface area contributed by atoms with Crippen molar-refractivity contribution in [2.75, 3.05) is 4.90 Å². The van der Waals surface area contributed by atoms with Gasteiger partial charge in [0, 0.05) is 16.8 Å². The number of hydrogen-bond donors (Lipinski definition) is 1. The molecule has 1 heterocycles. The number of halogens is 1. The highest BCUT2D eigenvalue weighted by Gasteiger charge is 2.47. The first-order valence-corrected chi connectivity index (χ1v) is 9.16. The van der Waals surface area contributed by atoms with Crippen molar-refractivity contribution in [1.82, 2.24) is 0 Å². The number of carbonyl (C=O) groups excluding carboxylic acids is 2. The Hall–Kier alpha value is -3.73. The van der Waals surface area contributed by atoms with E-state index in [1.807, 2.05) is 19.1 Å². The molecule has 0 unspecified atom stereocenters.